The number of amides is 1. The van der Waals surface area contributed by atoms with E-state index in [-0.39, 0.29) is 18.5 Å². The predicted molar refractivity (Wildman–Crippen MR) is 126 cm³/mol. The highest BCUT2D eigenvalue weighted by Crippen LogP contribution is 2.15. The molecule has 0 unspecified atom stereocenters. The van der Waals surface area contributed by atoms with Crippen molar-refractivity contribution in [1.29, 1.82) is 0 Å². The molecule has 1 amide bonds. The summed E-state index contributed by atoms with van der Waals surface area (Å²) in [6, 6.07) is 24.2. The lowest BCUT2D eigenvalue weighted by molar-refractivity contribution is 0.0940. The summed E-state index contributed by atoms with van der Waals surface area (Å²) in [4.78, 5) is 38.0. The average molecular weight is 428 g/mol. The van der Waals surface area contributed by atoms with Crippen LogP contribution in [0.15, 0.2) is 88.5 Å². The SMILES string of the molecule is CCn1c(=O)c(=O)n(Cc2ccc(C(=O)N[C@H](C)c3ccccc3)cc2)c2ccccc21. The van der Waals surface area contributed by atoms with Gasteiger partial charge in [0.15, 0.2) is 0 Å². The normalized spacial score (nSPS) is 11.9. The maximum atomic E-state index is 12.8. The smallest absolute Gasteiger partial charge is 0.317 e. The number of aryl methyl sites for hydroxylation is 1. The third kappa shape index (κ3) is 4.12. The van der Waals surface area contributed by atoms with Gasteiger partial charge < -0.3 is 9.88 Å². The number of para-hydroxylation sites is 2. The van der Waals surface area contributed by atoms with Crippen molar-refractivity contribution in [3.05, 3.63) is 116 Å². The number of benzene rings is 3. The number of fused-ring (bicyclic) bond motifs is 1. The highest BCUT2D eigenvalue weighted by molar-refractivity contribution is 5.94. The Morgan fingerprint density at radius 3 is 2.00 bits per heavy atom. The quantitative estimate of drug-likeness (QED) is 0.477. The molecule has 0 aliphatic rings. The molecule has 32 heavy (non-hydrogen) atoms. The Kier molecular flexibility index (Phi) is 6.03. The fourth-order valence-electron chi connectivity index (χ4n) is 3.89. The van der Waals surface area contributed by atoms with Crippen molar-refractivity contribution < 1.29 is 4.79 Å². The van der Waals surface area contributed by atoms with Crippen LogP contribution in [0.2, 0.25) is 0 Å². The van der Waals surface area contributed by atoms with Gasteiger partial charge in [0.25, 0.3) is 5.91 Å². The molecular weight excluding hydrogens is 402 g/mol. The minimum Gasteiger partial charge on any atom is -0.346 e. The second-order valence-electron chi connectivity index (χ2n) is 7.73. The number of carbonyl (C=O) groups is 1. The molecule has 0 spiro atoms. The first kappa shape index (κ1) is 21.3. The zero-order valence-electron chi connectivity index (χ0n) is 18.1. The van der Waals surface area contributed by atoms with Gasteiger partial charge in [-0.05, 0) is 49.2 Å². The first-order valence-corrected chi connectivity index (χ1v) is 10.7. The lowest BCUT2D eigenvalue weighted by atomic mass is 10.1. The van der Waals surface area contributed by atoms with Crippen molar-refractivity contribution in [2.24, 2.45) is 0 Å². The fraction of sp³-hybridized carbons (Fsp3) is 0.192. The van der Waals surface area contributed by atoms with Crippen molar-refractivity contribution in [3.8, 4) is 0 Å². The third-order valence-corrected chi connectivity index (χ3v) is 5.66. The van der Waals surface area contributed by atoms with Gasteiger partial charge in [0.1, 0.15) is 0 Å². The van der Waals surface area contributed by atoms with E-state index in [0.717, 1.165) is 16.6 Å². The Morgan fingerprint density at radius 1 is 0.812 bits per heavy atom. The molecule has 162 valence electrons. The highest BCUT2D eigenvalue weighted by atomic mass is 16.2. The van der Waals surface area contributed by atoms with Gasteiger partial charge in [-0.25, -0.2) is 0 Å². The van der Waals surface area contributed by atoms with Crippen molar-refractivity contribution in [2.75, 3.05) is 0 Å². The molecule has 3 aromatic carbocycles. The lowest BCUT2D eigenvalue weighted by Crippen LogP contribution is -2.41. The monoisotopic (exact) mass is 427 g/mol. The summed E-state index contributed by atoms with van der Waals surface area (Å²) in [6.07, 6.45) is 0. The number of hydrogen-bond acceptors (Lipinski definition) is 3. The van der Waals surface area contributed by atoms with Gasteiger partial charge in [0.2, 0.25) is 0 Å². The zero-order valence-corrected chi connectivity index (χ0v) is 18.1. The first-order valence-electron chi connectivity index (χ1n) is 10.7. The van der Waals surface area contributed by atoms with Crippen LogP contribution in [0.3, 0.4) is 0 Å². The fourth-order valence-corrected chi connectivity index (χ4v) is 3.89. The van der Waals surface area contributed by atoms with Crippen molar-refractivity contribution in [2.45, 2.75) is 33.0 Å². The van der Waals surface area contributed by atoms with Crippen molar-refractivity contribution >= 4 is 16.9 Å². The van der Waals surface area contributed by atoms with Crippen molar-refractivity contribution in [1.82, 2.24) is 14.5 Å². The molecule has 1 aromatic heterocycles. The number of nitrogens with one attached hydrogen (secondary N) is 1. The summed E-state index contributed by atoms with van der Waals surface area (Å²) in [5, 5.41) is 3.00. The van der Waals surface area contributed by atoms with Crippen LogP contribution < -0.4 is 16.4 Å². The largest absolute Gasteiger partial charge is 0.346 e. The lowest BCUT2D eigenvalue weighted by Gasteiger charge is -2.15. The molecule has 4 aromatic rings. The van der Waals surface area contributed by atoms with Gasteiger partial charge in [-0.2, -0.15) is 0 Å². The van der Waals surface area contributed by atoms with Crippen LogP contribution >= 0.6 is 0 Å². The molecular formula is C26H25N3O3. The molecule has 1 N–H and O–H groups in total. The molecule has 1 heterocycles. The van der Waals surface area contributed by atoms with E-state index >= 15 is 0 Å². The molecule has 0 bridgehead atoms. The zero-order chi connectivity index (χ0) is 22.7. The minimum absolute atomic E-state index is 0.113. The van der Waals surface area contributed by atoms with Gasteiger partial charge in [0, 0.05) is 12.1 Å². The molecule has 0 radical (unpaired) electrons. The molecule has 0 fully saturated rings. The Morgan fingerprint density at radius 2 is 1.38 bits per heavy atom. The van der Waals surface area contributed by atoms with E-state index in [2.05, 4.69) is 5.32 Å². The first-order chi connectivity index (χ1) is 15.5. The molecule has 0 saturated carbocycles. The van der Waals surface area contributed by atoms with Crippen LogP contribution in [0.5, 0.6) is 0 Å². The number of rotatable bonds is 6. The van der Waals surface area contributed by atoms with Gasteiger partial charge >= 0.3 is 11.1 Å². The summed E-state index contributed by atoms with van der Waals surface area (Å²) in [6.45, 7) is 4.47. The number of nitrogens with zero attached hydrogens (tertiary/aromatic N) is 2. The standard InChI is InChI=1S/C26H25N3O3/c1-3-28-22-11-7-8-12-23(22)29(26(32)25(28)31)17-19-13-15-21(16-14-19)24(30)27-18(2)20-9-5-4-6-10-20/h4-16,18H,3,17H2,1-2H3,(H,27,30)/t18-/m1/s1. The van der Waals surface area contributed by atoms with Crippen LogP contribution in [-0.4, -0.2) is 15.0 Å². The summed E-state index contributed by atoms with van der Waals surface area (Å²) < 4.78 is 2.99. The van der Waals surface area contributed by atoms with Crippen molar-refractivity contribution in [3.63, 3.8) is 0 Å². The maximum Gasteiger partial charge on any atom is 0.317 e. The van der Waals surface area contributed by atoms with Crippen LogP contribution in [0.4, 0.5) is 0 Å². The molecule has 6 heteroatoms. The molecule has 1 atom stereocenters. The van der Waals surface area contributed by atoms with Crippen LogP contribution in [0.1, 0.15) is 41.4 Å². The molecule has 6 nitrogen and oxygen atoms in total. The van der Waals surface area contributed by atoms with E-state index in [9.17, 15) is 14.4 Å². The molecule has 0 aliphatic carbocycles. The summed E-state index contributed by atoms with van der Waals surface area (Å²) >= 11 is 0. The van der Waals surface area contributed by atoms with E-state index in [1.807, 2.05) is 80.6 Å². The summed E-state index contributed by atoms with van der Waals surface area (Å²) in [5.41, 5.74) is 2.75. The van der Waals surface area contributed by atoms with E-state index in [4.69, 9.17) is 0 Å². The number of aromatic nitrogens is 2. The highest BCUT2D eigenvalue weighted by Gasteiger charge is 2.14. The summed E-state index contributed by atoms with van der Waals surface area (Å²) in [5.74, 6) is -0.166. The molecule has 0 saturated heterocycles. The predicted octanol–water partition coefficient (Wildman–Crippen LogP) is 3.72. The maximum absolute atomic E-state index is 12.8. The van der Waals surface area contributed by atoms with Crippen LogP contribution in [0, 0.1) is 0 Å². The number of carbonyl (C=O) groups excluding carboxylic acids is 1. The second kappa shape index (κ2) is 9.06. The second-order valence-corrected chi connectivity index (χ2v) is 7.73. The topological polar surface area (TPSA) is 73.1 Å². The number of hydrogen-bond donors (Lipinski definition) is 1. The summed E-state index contributed by atoms with van der Waals surface area (Å²) in [7, 11) is 0. The third-order valence-electron chi connectivity index (χ3n) is 5.66. The molecule has 0 aliphatic heterocycles. The van der Waals surface area contributed by atoms with Crippen LogP contribution in [-0.2, 0) is 13.1 Å². The van der Waals surface area contributed by atoms with Gasteiger partial charge in [-0.15, -0.1) is 0 Å². The van der Waals surface area contributed by atoms with Gasteiger partial charge in [-0.1, -0.05) is 54.6 Å². The molecule has 4 rings (SSSR count). The van der Waals surface area contributed by atoms with E-state index in [0.29, 0.717) is 17.6 Å². The Bertz CT molecular complexity index is 1370. The Labute approximate surface area is 185 Å². The average Bonchev–Trinajstić information content (AvgIpc) is 2.83. The van der Waals surface area contributed by atoms with E-state index in [1.165, 1.54) is 9.13 Å². The minimum atomic E-state index is -0.552. The van der Waals surface area contributed by atoms with E-state index in [1.54, 1.807) is 12.1 Å². The Hall–Kier alpha value is -3.93. The van der Waals surface area contributed by atoms with E-state index < -0.39 is 11.1 Å². The van der Waals surface area contributed by atoms with Gasteiger partial charge in [0.05, 0.1) is 23.6 Å². The Balaban J connectivity index is 1.58. The van der Waals surface area contributed by atoms with Crippen LogP contribution in [0.25, 0.3) is 11.0 Å². The van der Waals surface area contributed by atoms with Gasteiger partial charge in [-0.3, -0.25) is 19.0 Å².